The largest absolute Gasteiger partial charge is 0.308 e. The number of hydrogen-bond acceptors (Lipinski definition) is 3. The lowest BCUT2D eigenvalue weighted by molar-refractivity contribution is 0.411. The van der Waals surface area contributed by atoms with Crippen LogP contribution in [-0.4, -0.2) is 16.3 Å². The van der Waals surface area contributed by atoms with Crippen LogP contribution < -0.4 is 10.9 Å². The summed E-state index contributed by atoms with van der Waals surface area (Å²) in [4.78, 5) is 11.9. The van der Waals surface area contributed by atoms with Crippen molar-refractivity contribution in [3.63, 3.8) is 0 Å². The molecule has 2 rings (SSSR count). The molecule has 0 amide bonds. The van der Waals surface area contributed by atoms with Crippen molar-refractivity contribution in [1.29, 1.82) is 0 Å². The fourth-order valence-electron chi connectivity index (χ4n) is 2.20. The Kier molecular flexibility index (Phi) is 5.22. The number of benzene rings is 1. The van der Waals surface area contributed by atoms with Crippen molar-refractivity contribution in [2.45, 2.75) is 32.9 Å². The van der Waals surface area contributed by atoms with Crippen molar-refractivity contribution >= 4 is 0 Å². The maximum absolute atomic E-state index is 14.0. The van der Waals surface area contributed by atoms with Gasteiger partial charge in [-0.2, -0.15) is 5.10 Å². The first-order valence-electron chi connectivity index (χ1n) is 7.14. The second-order valence-corrected chi connectivity index (χ2v) is 5.02. The Hall–Kier alpha value is -2.01. The van der Waals surface area contributed by atoms with Crippen LogP contribution in [0.1, 0.15) is 30.6 Å². The van der Waals surface area contributed by atoms with Crippen LogP contribution >= 0.6 is 0 Å². The second-order valence-electron chi connectivity index (χ2n) is 5.02. The summed E-state index contributed by atoms with van der Waals surface area (Å²) in [5.41, 5.74) is 1.14. The number of aryl methyl sites for hydroxylation is 1. The van der Waals surface area contributed by atoms with Crippen LogP contribution in [0.3, 0.4) is 0 Å². The summed E-state index contributed by atoms with van der Waals surface area (Å²) in [7, 11) is 0. The topological polar surface area (TPSA) is 46.9 Å². The van der Waals surface area contributed by atoms with Gasteiger partial charge in [0.1, 0.15) is 5.82 Å². The predicted octanol–water partition coefficient (Wildman–Crippen LogP) is 2.43. The summed E-state index contributed by atoms with van der Waals surface area (Å²) in [6.45, 7) is 4.93. The van der Waals surface area contributed by atoms with Crippen molar-refractivity contribution in [3.05, 3.63) is 63.8 Å². The highest BCUT2D eigenvalue weighted by Crippen LogP contribution is 2.18. The molecule has 0 aliphatic carbocycles. The van der Waals surface area contributed by atoms with Gasteiger partial charge in [-0.25, -0.2) is 9.07 Å². The molecule has 0 bridgehead atoms. The van der Waals surface area contributed by atoms with Gasteiger partial charge >= 0.3 is 0 Å². The van der Waals surface area contributed by atoms with E-state index in [0.717, 1.165) is 18.7 Å². The van der Waals surface area contributed by atoms with Gasteiger partial charge in [0.2, 0.25) is 0 Å². The van der Waals surface area contributed by atoms with E-state index in [0.29, 0.717) is 12.1 Å². The molecule has 1 aromatic heterocycles. The van der Waals surface area contributed by atoms with Crippen LogP contribution in [0.4, 0.5) is 4.39 Å². The van der Waals surface area contributed by atoms with Crippen LogP contribution in [0.2, 0.25) is 0 Å². The average Bonchev–Trinajstić information content (AvgIpc) is 2.48. The molecule has 0 radical (unpaired) electrons. The molecule has 0 saturated carbocycles. The number of rotatable bonds is 6. The first kappa shape index (κ1) is 15.4. The molecule has 1 aromatic carbocycles. The van der Waals surface area contributed by atoms with Crippen LogP contribution in [-0.2, 0) is 6.54 Å². The van der Waals surface area contributed by atoms with Crippen molar-refractivity contribution in [1.82, 2.24) is 15.1 Å². The molecular formula is C16H20FN3O. The van der Waals surface area contributed by atoms with Crippen molar-refractivity contribution < 1.29 is 4.39 Å². The Labute approximate surface area is 123 Å². The standard InChI is InChI=1S/C16H20FN3O/c1-3-10-18-15(13-6-4-5-7-14(13)17)11-20-16(21)9-8-12(2)19-20/h4-9,15,18H,3,10-11H2,1-2H3. The molecule has 0 fully saturated rings. The van der Waals surface area contributed by atoms with Gasteiger partial charge in [-0.05, 0) is 32.0 Å². The normalized spacial score (nSPS) is 12.3. The van der Waals surface area contributed by atoms with Gasteiger partial charge in [-0.15, -0.1) is 0 Å². The van der Waals surface area contributed by atoms with Gasteiger partial charge in [-0.1, -0.05) is 25.1 Å². The smallest absolute Gasteiger partial charge is 0.266 e. The fourth-order valence-corrected chi connectivity index (χ4v) is 2.20. The molecule has 0 aliphatic heterocycles. The maximum atomic E-state index is 14.0. The quantitative estimate of drug-likeness (QED) is 0.888. The maximum Gasteiger partial charge on any atom is 0.266 e. The Morgan fingerprint density at radius 3 is 2.76 bits per heavy atom. The van der Waals surface area contributed by atoms with Gasteiger partial charge in [0.05, 0.1) is 18.3 Å². The number of nitrogens with zero attached hydrogens (tertiary/aromatic N) is 2. The van der Waals surface area contributed by atoms with Crippen LogP contribution in [0.25, 0.3) is 0 Å². The minimum Gasteiger partial charge on any atom is -0.308 e. The highest BCUT2D eigenvalue weighted by Gasteiger charge is 2.16. The van der Waals surface area contributed by atoms with Crippen molar-refractivity contribution in [3.8, 4) is 0 Å². The van der Waals surface area contributed by atoms with E-state index in [1.54, 1.807) is 24.3 Å². The molecular weight excluding hydrogens is 269 g/mol. The lowest BCUT2D eigenvalue weighted by Crippen LogP contribution is -2.32. The summed E-state index contributed by atoms with van der Waals surface area (Å²) in [6, 6.07) is 9.51. The molecule has 1 heterocycles. The zero-order valence-corrected chi connectivity index (χ0v) is 12.3. The van der Waals surface area contributed by atoms with Crippen molar-refractivity contribution in [2.75, 3.05) is 6.54 Å². The number of aromatic nitrogens is 2. The van der Waals surface area contributed by atoms with E-state index in [9.17, 15) is 9.18 Å². The molecule has 4 nitrogen and oxygen atoms in total. The molecule has 112 valence electrons. The minimum atomic E-state index is -0.279. The average molecular weight is 289 g/mol. The first-order valence-corrected chi connectivity index (χ1v) is 7.14. The first-order chi connectivity index (χ1) is 10.1. The second kappa shape index (κ2) is 7.13. The van der Waals surface area contributed by atoms with E-state index >= 15 is 0 Å². The third-order valence-corrected chi connectivity index (χ3v) is 3.28. The third-order valence-electron chi connectivity index (χ3n) is 3.28. The van der Waals surface area contributed by atoms with Crippen LogP contribution in [0.15, 0.2) is 41.2 Å². The van der Waals surface area contributed by atoms with E-state index in [4.69, 9.17) is 0 Å². The minimum absolute atomic E-state index is 0.180. The summed E-state index contributed by atoms with van der Waals surface area (Å²) in [6.07, 6.45) is 0.932. The number of nitrogens with one attached hydrogen (secondary N) is 1. The summed E-state index contributed by atoms with van der Waals surface area (Å²) < 4.78 is 15.4. The monoisotopic (exact) mass is 289 g/mol. The Morgan fingerprint density at radius 1 is 1.29 bits per heavy atom. The lowest BCUT2D eigenvalue weighted by Gasteiger charge is -2.20. The molecule has 1 atom stereocenters. The molecule has 2 aromatic rings. The van der Waals surface area contributed by atoms with E-state index in [-0.39, 0.29) is 17.4 Å². The van der Waals surface area contributed by atoms with Gasteiger partial charge in [0.15, 0.2) is 0 Å². The molecule has 1 N–H and O–H groups in total. The van der Waals surface area contributed by atoms with Gasteiger partial charge in [-0.3, -0.25) is 4.79 Å². The van der Waals surface area contributed by atoms with Crippen LogP contribution in [0.5, 0.6) is 0 Å². The number of hydrogen-bond donors (Lipinski definition) is 1. The highest BCUT2D eigenvalue weighted by molar-refractivity contribution is 5.21. The molecule has 1 unspecified atom stereocenters. The predicted molar refractivity (Wildman–Crippen MR) is 80.7 cm³/mol. The molecule has 21 heavy (non-hydrogen) atoms. The zero-order valence-electron chi connectivity index (χ0n) is 12.3. The van der Waals surface area contributed by atoms with E-state index in [1.807, 2.05) is 13.8 Å². The molecule has 0 aliphatic rings. The highest BCUT2D eigenvalue weighted by atomic mass is 19.1. The van der Waals surface area contributed by atoms with Crippen molar-refractivity contribution in [2.24, 2.45) is 0 Å². The summed E-state index contributed by atoms with van der Waals surface area (Å²) in [5.74, 6) is -0.271. The van der Waals surface area contributed by atoms with E-state index in [1.165, 1.54) is 16.8 Å². The summed E-state index contributed by atoms with van der Waals surface area (Å²) in [5, 5.41) is 7.50. The Morgan fingerprint density at radius 2 is 2.05 bits per heavy atom. The fraction of sp³-hybridized carbons (Fsp3) is 0.375. The summed E-state index contributed by atoms with van der Waals surface area (Å²) >= 11 is 0. The SMILES string of the molecule is CCCNC(Cn1nc(C)ccc1=O)c1ccccc1F. The van der Waals surface area contributed by atoms with Gasteiger partial charge in [0, 0.05) is 11.6 Å². The van der Waals surface area contributed by atoms with E-state index < -0.39 is 0 Å². The molecule has 5 heteroatoms. The molecule has 0 saturated heterocycles. The van der Waals surface area contributed by atoms with E-state index in [2.05, 4.69) is 10.4 Å². The van der Waals surface area contributed by atoms with Gasteiger partial charge < -0.3 is 5.32 Å². The van der Waals surface area contributed by atoms with Gasteiger partial charge in [0.25, 0.3) is 5.56 Å². The Balaban J connectivity index is 2.30. The molecule has 0 spiro atoms. The Bertz CT molecular complexity index is 654. The lowest BCUT2D eigenvalue weighted by atomic mass is 10.1. The zero-order chi connectivity index (χ0) is 15.2. The third kappa shape index (κ3) is 3.98. The van der Waals surface area contributed by atoms with Crippen LogP contribution in [0, 0.1) is 12.7 Å². The number of halogens is 1.